The Balaban J connectivity index is 0.00000264. The number of hydrogen-bond acceptors (Lipinski definition) is 3. The highest BCUT2D eigenvalue weighted by Gasteiger charge is 2.26. The van der Waals surface area contributed by atoms with E-state index in [4.69, 9.17) is 5.73 Å². The maximum absolute atomic E-state index is 12.2. The molecule has 0 spiro atoms. The molecule has 0 aromatic heterocycles. The highest BCUT2D eigenvalue weighted by atomic mass is 35.5. The van der Waals surface area contributed by atoms with Crippen LogP contribution in [0.15, 0.2) is 18.2 Å². The van der Waals surface area contributed by atoms with Crippen LogP contribution in [0, 0.1) is 12.8 Å². The highest BCUT2D eigenvalue weighted by Crippen LogP contribution is 2.28. The van der Waals surface area contributed by atoms with E-state index in [1.807, 2.05) is 19.1 Å². The molecular weight excluding hydrogens is 314 g/mol. The molecule has 2 rings (SSSR count). The molecule has 0 aliphatic heterocycles. The Labute approximate surface area is 143 Å². The molecule has 0 unspecified atom stereocenters. The number of carbonyl (C=O) groups excluding carboxylic acids is 2. The number of halogens is 1. The first-order valence-corrected chi connectivity index (χ1v) is 7.95. The number of nitrogens with two attached hydrogens (primary N) is 1. The van der Waals surface area contributed by atoms with Gasteiger partial charge in [-0.15, -0.1) is 12.4 Å². The number of hydrogen-bond donors (Lipinski definition) is 3. The van der Waals surface area contributed by atoms with Gasteiger partial charge in [0.1, 0.15) is 0 Å². The van der Waals surface area contributed by atoms with Crippen molar-refractivity contribution in [1.29, 1.82) is 0 Å². The number of anilines is 2. The summed E-state index contributed by atoms with van der Waals surface area (Å²) in [6.45, 7) is 3.74. The van der Waals surface area contributed by atoms with Gasteiger partial charge in [0.2, 0.25) is 11.8 Å². The van der Waals surface area contributed by atoms with Gasteiger partial charge in [-0.1, -0.05) is 19.4 Å². The summed E-state index contributed by atoms with van der Waals surface area (Å²) >= 11 is 0. The van der Waals surface area contributed by atoms with Crippen LogP contribution in [0.25, 0.3) is 0 Å². The van der Waals surface area contributed by atoms with Crippen molar-refractivity contribution in [3.63, 3.8) is 0 Å². The Morgan fingerprint density at radius 2 is 1.96 bits per heavy atom. The standard InChI is InChI=1S/C17H25N3O2.ClH/c1-3-16(21)19-13-8-7-11(2)15(10-13)20-17(22)9-12-5-4-6-14(12)18;/h7-8,10,12,14H,3-6,9,18H2,1-2H3,(H,19,21)(H,20,22);1H/t12-,14+;/m0./s1. The molecule has 5 nitrogen and oxygen atoms in total. The SMILES string of the molecule is CCC(=O)Nc1ccc(C)c(NC(=O)C[C@@H]2CCC[C@H]2N)c1.Cl. The predicted molar refractivity (Wildman–Crippen MR) is 95.9 cm³/mol. The molecule has 1 saturated carbocycles. The van der Waals surface area contributed by atoms with E-state index >= 15 is 0 Å². The van der Waals surface area contributed by atoms with Crippen LogP contribution >= 0.6 is 12.4 Å². The first kappa shape index (κ1) is 19.5. The van der Waals surface area contributed by atoms with Crippen molar-refractivity contribution in [1.82, 2.24) is 0 Å². The second-order valence-corrected chi connectivity index (χ2v) is 6.04. The fourth-order valence-electron chi connectivity index (χ4n) is 2.84. The van der Waals surface area contributed by atoms with Gasteiger partial charge in [0.25, 0.3) is 0 Å². The van der Waals surface area contributed by atoms with E-state index < -0.39 is 0 Å². The maximum atomic E-state index is 12.2. The maximum Gasteiger partial charge on any atom is 0.224 e. The molecule has 0 heterocycles. The third-order valence-electron chi connectivity index (χ3n) is 4.28. The third-order valence-corrected chi connectivity index (χ3v) is 4.28. The third kappa shape index (κ3) is 5.52. The van der Waals surface area contributed by atoms with Gasteiger partial charge in [-0.05, 0) is 43.4 Å². The Hall–Kier alpha value is -1.59. The number of rotatable bonds is 5. The van der Waals surface area contributed by atoms with Crippen molar-refractivity contribution < 1.29 is 9.59 Å². The first-order valence-electron chi connectivity index (χ1n) is 7.95. The van der Waals surface area contributed by atoms with Gasteiger partial charge >= 0.3 is 0 Å². The normalized spacial score (nSPS) is 19.8. The van der Waals surface area contributed by atoms with Gasteiger partial charge in [-0.3, -0.25) is 9.59 Å². The highest BCUT2D eigenvalue weighted by molar-refractivity contribution is 5.94. The first-order chi connectivity index (χ1) is 10.5. The lowest BCUT2D eigenvalue weighted by Crippen LogP contribution is -2.28. The summed E-state index contributed by atoms with van der Waals surface area (Å²) in [6.07, 6.45) is 4.04. The average molecular weight is 340 g/mol. The number of amides is 2. The molecule has 0 saturated heterocycles. The predicted octanol–water partition coefficient (Wildman–Crippen LogP) is 3.22. The molecule has 2 amide bonds. The monoisotopic (exact) mass is 339 g/mol. The quantitative estimate of drug-likeness (QED) is 0.770. The zero-order valence-corrected chi connectivity index (χ0v) is 14.5. The van der Waals surface area contributed by atoms with Crippen LogP contribution < -0.4 is 16.4 Å². The minimum Gasteiger partial charge on any atom is -0.327 e. The molecule has 1 aliphatic rings. The fraction of sp³-hybridized carbons (Fsp3) is 0.529. The van der Waals surface area contributed by atoms with Gasteiger partial charge < -0.3 is 16.4 Å². The van der Waals surface area contributed by atoms with Gasteiger partial charge in [-0.2, -0.15) is 0 Å². The van der Waals surface area contributed by atoms with Crippen LogP contribution in [0.5, 0.6) is 0 Å². The molecule has 128 valence electrons. The fourth-order valence-corrected chi connectivity index (χ4v) is 2.84. The van der Waals surface area contributed by atoms with Crippen molar-refractivity contribution in [3.8, 4) is 0 Å². The van der Waals surface area contributed by atoms with Crippen LogP contribution in [0.3, 0.4) is 0 Å². The molecule has 23 heavy (non-hydrogen) atoms. The van der Waals surface area contributed by atoms with E-state index in [2.05, 4.69) is 10.6 Å². The topological polar surface area (TPSA) is 84.2 Å². The minimum absolute atomic E-state index is 0. The zero-order chi connectivity index (χ0) is 16.1. The molecule has 1 aliphatic carbocycles. The lowest BCUT2D eigenvalue weighted by atomic mass is 10.00. The molecule has 1 fully saturated rings. The smallest absolute Gasteiger partial charge is 0.224 e. The Kier molecular flexibility index (Phi) is 7.52. The average Bonchev–Trinajstić information content (AvgIpc) is 2.87. The van der Waals surface area contributed by atoms with E-state index in [1.54, 1.807) is 13.0 Å². The van der Waals surface area contributed by atoms with Gasteiger partial charge in [-0.25, -0.2) is 0 Å². The lowest BCUT2D eigenvalue weighted by Gasteiger charge is -2.16. The Bertz CT molecular complexity index is 563. The molecular formula is C17H26ClN3O2. The van der Waals surface area contributed by atoms with Crippen molar-refractivity contribution in [2.75, 3.05) is 10.6 Å². The molecule has 1 aromatic carbocycles. The van der Waals surface area contributed by atoms with Gasteiger partial charge in [0, 0.05) is 30.3 Å². The molecule has 1 aromatic rings. The number of nitrogens with one attached hydrogen (secondary N) is 2. The van der Waals surface area contributed by atoms with Crippen LogP contribution in [-0.2, 0) is 9.59 Å². The lowest BCUT2D eigenvalue weighted by molar-refractivity contribution is -0.117. The Morgan fingerprint density at radius 1 is 1.22 bits per heavy atom. The summed E-state index contributed by atoms with van der Waals surface area (Å²) in [5.41, 5.74) is 8.43. The number of carbonyl (C=O) groups is 2. The summed E-state index contributed by atoms with van der Waals surface area (Å²) in [5, 5.41) is 5.75. The molecule has 4 N–H and O–H groups in total. The summed E-state index contributed by atoms with van der Waals surface area (Å²) in [7, 11) is 0. The number of aryl methyl sites for hydroxylation is 1. The van der Waals surface area contributed by atoms with Crippen molar-refractivity contribution in [2.45, 2.75) is 52.0 Å². The zero-order valence-electron chi connectivity index (χ0n) is 13.7. The largest absolute Gasteiger partial charge is 0.327 e. The summed E-state index contributed by atoms with van der Waals surface area (Å²) in [6, 6.07) is 5.67. The summed E-state index contributed by atoms with van der Waals surface area (Å²) in [4.78, 5) is 23.7. The summed E-state index contributed by atoms with van der Waals surface area (Å²) < 4.78 is 0. The molecule has 2 atom stereocenters. The van der Waals surface area contributed by atoms with Gasteiger partial charge in [0.05, 0.1) is 0 Å². The Morgan fingerprint density at radius 3 is 2.57 bits per heavy atom. The molecule has 0 radical (unpaired) electrons. The molecule has 0 bridgehead atoms. The van der Waals surface area contributed by atoms with E-state index in [1.165, 1.54) is 0 Å². The minimum atomic E-state index is -0.0435. The molecule has 6 heteroatoms. The second-order valence-electron chi connectivity index (χ2n) is 6.04. The van der Waals surface area contributed by atoms with Crippen LogP contribution in [0.2, 0.25) is 0 Å². The van der Waals surface area contributed by atoms with Crippen molar-refractivity contribution in [3.05, 3.63) is 23.8 Å². The number of benzene rings is 1. The summed E-state index contributed by atoms with van der Waals surface area (Å²) in [5.74, 6) is 0.228. The van der Waals surface area contributed by atoms with Crippen LogP contribution in [0.1, 0.15) is 44.6 Å². The van der Waals surface area contributed by atoms with E-state index in [9.17, 15) is 9.59 Å². The van der Waals surface area contributed by atoms with Crippen LogP contribution in [0.4, 0.5) is 11.4 Å². The van der Waals surface area contributed by atoms with Crippen LogP contribution in [-0.4, -0.2) is 17.9 Å². The second kappa shape index (κ2) is 8.89. The van der Waals surface area contributed by atoms with E-state index in [-0.39, 0.29) is 36.2 Å². The van der Waals surface area contributed by atoms with E-state index in [0.29, 0.717) is 18.5 Å². The van der Waals surface area contributed by atoms with Crippen molar-refractivity contribution in [2.24, 2.45) is 11.7 Å². The van der Waals surface area contributed by atoms with Crippen molar-refractivity contribution >= 4 is 35.6 Å². The van der Waals surface area contributed by atoms with E-state index in [0.717, 1.165) is 30.5 Å². The van der Waals surface area contributed by atoms with Gasteiger partial charge in [0.15, 0.2) is 0 Å².